The number of rotatable bonds is 4. The molecule has 0 radical (unpaired) electrons. The molecule has 3 aromatic rings. The van der Waals surface area contributed by atoms with Crippen LogP contribution < -0.4 is 10.5 Å². The van der Waals surface area contributed by atoms with E-state index in [9.17, 15) is 5.26 Å². The summed E-state index contributed by atoms with van der Waals surface area (Å²) in [5.74, 6) is 0.627. The molecule has 0 amide bonds. The first kappa shape index (κ1) is 14.9. The molecule has 0 aliphatic rings. The van der Waals surface area contributed by atoms with E-state index < -0.39 is 0 Å². The summed E-state index contributed by atoms with van der Waals surface area (Å²) < 4.78 is 7.41. The Morgan fingerprint density at radius 1 is 1.22 bits per heavy atom. The zero-order valence-corrected chi connectivity index (χ0v) is 13.2. The Balaban J connectivity index is 1.91. The summed E-state index contributed by atoms with van der Waals surface area (Å²) in [7, 11) is 0. The average Bonchev–Trinajstić information content (AvgIpc) is 2.88. The molecular formula is C18H18N4O. The molecule has 2 N–H and O–H groups in total. The van der Waals surface area contributed by atoms with E-state index in [1.165, 1.54) is 0 Å². The van der Waals surface area contributed by atoms with E-state index in [0.29, 0.717) is 18.0 Å². The molecule has 0 aliphatic carbocycles. The van der Waals surface area contributed by atoms with E-state index in [0.717, 1.165) is 16.3 Å². The van der Waals surface area contributed by atoms with E-state index in [2.05, 4.69) is 29.4 Å². The van der Waals surface area contributed by atoms with Gasteiger partial charge in [-0.15, -0.1) is 5.10 Å². The van der Waals surface area contributed by atoms with Crippen LogP contribution in [0.15, 0.2) is 42.5 Å². The van der Waals surface area contributed by atoms with Crippen LogP contribution in [0, 0.1) is 11.3 Å². The fraction of sp³-hybridized carbons (Fsp3) is 0.222. The van der Waals surface area contributed by atoms with Crippen LogP contribution in [-0.2, 0) is 6.61 Å². The summed E-state index contributed by atoms with van der Waals surface area (Å²) in [6, 6.07) is 16.3. The van der Waals surface area contributed by atoms with Gasteiger partial charge in [0.05, 0.1) is 0 Å². The first-order valence-electron chi connectivity index (χ1n) is 7.49. The number of nitriles is 1. The van der Waals surface area contributed by atoms with Crippen LogP contribution in [0.25, 0.3) is 10.8 Å². The zero-order chi connectivity index (χ0) is 16.4. The minimum atomic E-state index is 0.0667. The standard InChI is InChI=1S/C18H18N4O/c1-12(2)22-17(20)16(10-19)18(21-22)23-11-14-8-5-7-13-6-3-4-9-15(13)14/h3-9,12H,11,20H2,1-2H3. The van der Waals surface area contributed by atoms with Crippen LogP contribution in [-0.4, -0.2) is 9.78 Å². The second kappa shape index (κ2) is 6.01. The van der Waals surface area contributed by atoms with Gasteiger partial charge >= 0.3 is 0 Å². The SMILES string of the molecule is CC(C)n1nc(OCc2cccc3ccccc23)c(C#N)c1N. The molecule has 0 saturated carbocycles. The third-order valence-corrected chi connectivity index (χ3v) is 3.76. The Morgan fingerprint density at radius 2 is 1.96 bits per heavy atom. The molecule has 0 aliphatic heterocycles. The molecular weight excluding hydrogens is 288 g/mol. The summed E-state index contributed by atoms with van der Waals surface area (Å²) in [6.45, 7) is 4.25. The van der Waals surface area contributed by atoms with Crippen molar-refractivity contribution in [2.75, 3.05) is 5.73 Å². The van der Waals surface area contributed by atoms with Crippen molar-refractivity contribution < 1.29 is 4.74 Å². The summed E-state index contributed by atoms with van der Waals surface area (Å²) in [5.41, 5.74) is 7.31. The van der Waals surface area contributed by atoms with Gasteiger partial charge in [0.15, 0.2) is 5.56 Å². The Labute approximate surface area is 134 Å². The number of fused-ring (bicyclic) bond motifs is 1. The number of hydrogen-bond donors (Lipinski definition) is 1. The number of nitrogens with zero attached hydrogens (tertiary/aromatic N) is 3. The molecule has 2 aromatic carbocycles. The van der Waals surface area contributed by atoms with Crippen LogP contribution in [0.5, 0.6) is 5.88 Å². The quantitative estimate of drug-likeness (QED) is 0.798. The smallest absolute Gasteiger partial charge is 0.253 e. The normalized spacial score (nSPS) is 10.9. The fourth-order valence-electron chi connectivity index (χ4n) is 2.59. The molecule has 0 saturated heterocycles. The van der Waals surface area contributed by atoms with E-state index in [1.54, 1.807) is 4.68 Å². The highest BCUT2D eigenvalue weighted by atomic mass is 16.5. The monoisotopic (exact) mass is 306 g/mol. The lowest BCUT2D eigenvalue weighted by Crippen LogP contribution is -2.07. The number of anilines is 1. The van der Waals surface area contributed by atoms with Crippen LogP contribution >= 0.6 is 0 Å². The Bertz CT molecular complexity index is 884. The Kier molecular flexibility index (Phi) is 3.90. The van der Waals surface area contributed by atoms with Crippen LogP contribution in [0.4, 0.5) is 5.82 Å². The van der Waals surface area contributed by atoms with Crippen molar-refractivity contribution in [1.82, 2.24) is 9.78 Å². The van der Waals surface area contributed by atoms with E-state index >= 15 is 0 Å². The van der Waals surface area contributed by atoms with Gasteiger partial charge in [0.25, 0.3) is 5.88 Å². The molecule has 23 heavy (non-hydrogen) atoms. The predicted octanol–water partition coefficient (Wildman–Crippen LogP) is 3.65. The number of hydrogen-bond acceptors (Lipinski definition) is 4. The maximum Gasteiger partial charge on any atom is 0.253 e. The summed E-state index contributed by atoms with van der Waals surface area (Å²) in [5, 5.41) is 15.9. The van der Waals surface area contributed by atoms with Crippen molar-refractivity contribution in [1.29, 1.82) is 5.26 Å². The highest BCUT2D eigenvalue weighted by Crippen LogP contribution is 2.27. The minimum Gasteiger partial charge on any atom is -0.471 e. The van der Waals surface area contributed by atoms with Gasteiger partial charge in [0, 0.05) is 6.04 Å². The van der Waals surface area contributed by atoms with E-state index in [4.69, 9.17) is 10.5 Å². The maximum atomic E-state index is 9.30. The number of nitrogens with two attached hydrogens (primary N) is 1. The van der Waals surface area contributed by atoms with Crippen molar-refractivity contribution in [2.24, 2.45) is 0 Å². The third-order valence-electron chi connectivity index (χ3n) is 3.76. The molecule has 0 fully saturated rings. The lowest BCUT2D eigenvalue weighted by atomic mass is 10.1. The largest absolute Gasteiger partial charge is 0.471 e. The third kappa shape index (κ3) is 2.71. The van der Waals surface area contributed by atoms with Gasteiger partial charge in [-0.25, -0.2) is 4.68 Å². The number of ether oxygens (including phenoxy) is 1. The van der Waals surface area contributed by atoms with Gasteiger partial charge in [0.2, 0.25) is 0 Å². The molecule has 0 atom stereocenters. The van der Waals surface area contributed by atoms with Gasteiger partial charge in [-0.2, -0.15) is 5.26 Å². The second-order valence-electron chi connectivity index (χ2n) is 5.64. The molecule has 0 spiro atoms. The van der Waals surface area contributed by atoms with Gasteiger partial charge in [-0.05, 0) is 30.2 Å². The topological polar surface area (TPSA) is 76.9 Å². The molecule has 3 rings (SSSR count). The van der Waals surface area contributed by atoms with Gasteiger partial charge in [-0.3, -0.25) is 0 Å². The molecule has 116 valence electrons. The van der Waals surface area contributed by atoms with Crippen LogP contribution in [0.3, 0.4) is 0 Å². The maximum absolute atomic E-state index is 9.30. The lowest BCUT2D eigenvalue weighted by molar-refractivity contribution is 0.288. The van der Waals surface area contributed by atoms with Gasteiger partial charge < -0.3 is 10.5 Å². The number of benzene rings is 2. The average molecular weight is 306 g/mol. The van der Waals surface area contributed by atoms with Crippen molar-refractivity contribution in [3.8, 4) is 11.9 Å². The number of aromatic nitrogens is 2. The fourth-order valence-corrected chi connectivity index (χ4v) is 2.59. The van der Waals surface area contributed by atoms with Gasteiger partial charge in [0.1, 0.15) is 18.5 Å². The predicted molar refractivity (Wildman–Crippen MR) is 90.0 cm³/mol. The van der Waals surface area contributed by atoms with Crippen LogP contribution in [0.2, 0.25) is 0 Å². The molecule has 5 heteroatoms. The first-order chi connectivity index (χ1) is 11.1. The second-order valence-corrected chi connectivity index (χ2v) is 5.64. The molecule has 1 aromatic heterocycles. The summed E-state index contributed by atoms with van der Waals surface area (Å²) >= 11 is 0. The highest BCUT2D eigenvalue weighted by molar-refractivity contribution is 5.85. The molecule has 0 unspecified atom stereocenters. The van der Waals surface area contributed by atoms with Gasteiger partial charge in [-0.1, -0.05) is 42.5 Å². The Hall–Kier alpha value is -3.00. The summed E-state index contributed by atoms with van der Waals surface area (Å²) in [6.07, 6.45) is 0. The summed E-state index contributed by atoms with van der Waals surface area (Å²) in [4.78, 5) is 0. The zero-order valence-electron chi connectivity index (χ0n) is 13.2. The first-order valence-corrected chi connectivity index (χ1v) is 7.49. The van der Waals surface area contributed by atoms with Crippen molar-refractivity contribution in [2.45, 2.75) is 26.5 Å². The van der Waals surface area contributed by atoms with Crippen molar-refractivity contribution in [3.63, 3.8) is 0 Å². The lowest BCUT2D eigenvalue weighted by Gasteiger charge is -2.08. The van der Waals surface area contributed by atoms with Crippen molar-refractivity contribution in [3.05, 3.63) is 53.6 Å². The van der Waals surface area contributed by atoms with Crippen LogP contribution in [0.1, 0.15) is 31.0 Å². The molecule has 0 bridgehead atoms. The van der Waals surface area contributed by atoms with Crippen molar-refractivity contribution >= 4 is 16.6 Å². The molecule has 1 heterocycles. The number of nitrogen functional groups attached to an aromatic ring is 1. The highest BCUT2D eigenvalue weighted by Gasteiger charge is 2.18. The minimum absolute atomic E-state index is 0.0667. The molecule has 5 nitrogen and oxygen atoms in total. The Morgan fingerprint density at radius 3 is 2.70 bits per heavy atom. The van der Waals surface area contributed by atoms with E-state index in [-0.39, 0.29) is 11.9 Å². The van der Waals surface area contributed by atoms with E-state index in [1.807, 2.05) is 38.1 Å².